The van der Waals surface area contributed by atoms with Gasteiger partial charge in [-0.15, -0.1) is 13.2 Å². The fraction of sp³-hybridized carbons (Fsp3) is 0.259. The summed E-state index contributed by atoms with van der Waals surface area (Å²) in [6, 6.07) is 15.9. The van der Waals surface area contributed by atoms with Crippen molar-refractivity contribution < 1.29 is 22.7 Å². The van der Waals surface area contributed by atoms with E-state index in [9.17, 15) is 18.0 Å². The molecule has 1 saturated heterocycles. The van der Waals surface area contributed by atoms with Gasteiger partial charge < -0.3 is 26.0 Å². The number of hydrogen-bond donors (Lipinski definition) is 5. The summed E-state index contributed by atoms with van der Waals surface area (Å²) in [7, 11) is 0. The molecule has 12 heteroatoms. The Morgan fingerprint density at radius 3 is 2.51 bits per heavy atom. The van der Waals surface area contributed by atoms with Crippen molar-refractivity contribution in [3.05, 3.63) is 66.9 Å². The molecule has 0 atom stereocenters. The van der Waals surface area contributed by atoms with Crippen LogP contribution < -0.4 is 26.0 Å². The Bertz CT molecular complexity index is 1420. The number of urea groups is 1. The molecule has 9 nitrogen and oxygen atoms in total. The quantitative estimate of drug-likeness (QED) is 0.214. The summed E-state index contributed by atoms with van der Waals surface area (Å²) in [5.74, 6) is -0.421. The molecule has 1 aliphatic rings. The molecular weight excluding hydrogens is 511 g/mol. The maximum absolute atomic E-state index is 12.5. The van der Waals surface area contributed by atoms with Crippen LogP contribution in [0.15, 0.2) is 66.9 Å². The van der Waals surface area contributed by atoms with E-state index in [1.807, 2.05) is 18.2 Å². The number of piperazine rings is 1. The van der Waals surface area contributed by atoms with E-state index in [0.717, 1.165) is 79.1 Å². The number of carbonyl (C=O) groups excluding carboxylic acids is 1. The largest absolute Gasteiger partial charge is 0.573 e. The molecule has 1 aliphatic heterocycles. The molecule has 5 N–H and O–H groups in total. The van der Waals surface area contributed by atoms with Gasteiger partial charge in [0.15, 0.2) is 0 Å². The first kappa shape index (κ1) is 26.3. The monoisotopic (exact) mass is 539 g/mol. The number of halogens is 3. The van der Waals surface area contributed by atoms with Crippen LogP contribution >= 0.6 is 0 Å². The predicted octanol–water partition coefficient (Wildman–Crippen LogP) is 5.09. The molecule has 0 bridgehead atoms. The van der Waals surface area contributed by atoms with Crippen LogP contribution in [-0.2, 0) is 0 Å². The summed E-state index contributed by atoms with van der Waals surface area (Å²) >= 11 is 0. The van der Waals surface area contributed by atoms with Crippen molar-refractivity contribution in [2.45, 2.75) is 6.36 Å². The average Bonchev–Trinajstić information content (AvgIpc) is 3.37. The van der Waals surface area contributed by atoms with Gasteiger partial charge in [0.1, 0.15) is 5.75 Å². The minimum atomic E-state index is -4.81. The van der Waals surface area contributed by atoms with Crippen LogP contribution in [0.1, 0.15) is 0 Å². The molecular formula is C27H28F3N7O2. The Balaban J connectivity index is 1.23. The minimum Gasteiger partial charge on any atom is -0.406 e. The Morgan fingerprint density at radius 1 is 0.974 bits per heavy atom. The van der Waals surface area contributed by atoms with E-state index in [0.29, 0.717) is 5.69 Å². The zero-order valence-corrected chi connectivity index (χ0v) is 20.9. The van der Waals surface area contributed by atoms with Gasteiger partial charge in [-0.05, 0) is 47.5 Å². The predicted molar refractivity (Wildman–Crippen MR) is 145 cm³/mol. The van der Waals surface area contributed by atoms with E-state index in [-0.39, 0.29) is 5.69 Å². The van der Waals surface area contributed by atoms with Gasteiger partial charge in [-0.3, -0.25) is 10.00 Å². The number of aromatic amines is 1. The van der Waals surface area contributed by atoms with Crippen molar-refractivity contribution in [3.8, 4) is 16.9 Å². The lowest BCUT2D eigenvalue weighted by atomic mass is 10.0. The summed E-state index contributed by atoms with van der Waals surface area (Å²) in [5, 5.41) is 20.3. The van der Waals surface area contributed by atoms with E-state index in [2.05, 4.69) is 47.2 Å². The second-order valence-corrected chi connectivity index (χ2v) is 9.11. The zero-order chi connectivity index (χ0) is 27.2. The first-order chi connectivity index (χ1) is 18.8. The molecule has 204 valence electrons. The molecule has 1 fully saturated rings. The van der Waals surface area contributed by atoms with E-state index >= 15 is 0 Å². The number of rotatable bonds is 8. The van der Waals surface area contributed by atoms with Crippen LogP contribution in [0, 0.1) is 0 Å². The van der Waals surface area contributed by atoms with Crippen LogP contribution in [0.4, 0.5) is 35.0 Å². The molecule has 2 heterocycles. The number of nitrogens with one attached hydrogen (secondary N) is 5. The normalized spacial score (nSPS) is 14.2. The van der Waals surface area contributed by atoms with Crippen molar-refractivity contribution >= 4 is 34.0 Å². The molecule has 0 radical (unpaired) electrons. The molecule has 0 saturated carbocycles. The van der Waals surface area contributed by atoms with E-state index in [1.54, 1.807) is 18.3 Å². The van der Waals surface area contributed by atoms with Crippen LogP contribution in [0.3, 0.4) is 0 Å². The van der Waals surface area contributed by atoms with Crippen molar-refractivity contribution in [2.24, 2.45) is 0 Å². The third-order valence-electron chi connectivity index (χ3n) is 6.30. The number of aromatic nitrogens is 2. The lowest BCUT2D eigenvalue weighted by Crippen LogP contribution is -2.45. The third-order valence-corrected chi connectivity index (χ3v) is 6.30. The number of anilines is 3. The first-order valence-electron chi connectivity index (χ1n) is 12.5. The second kappa shape index (κ2) is 11.6. The van der Waals surface area contributed by atoms with Gasteiger partial charge in [-0.2, -0.15) is 5.10 Å². The van der Waals surface area contributed by atoms with E-state index < -0.39 is 18.1 Å². The van der Waals surface area contributed by atoms with Crippen LogP contribution in [-0.4, -0.2) is 66.8 Å². The fourth-order valence-corrected chi connectivity index (χ4v) is 4.48. The molecule has 0 unspecified atom stereocenters. The molecule has 39 heavy (non-hydrogen) atoms. The number of benzene rings is 3. The summed E-state index contributed by atoms with van der Waals surface area (Å²) in [6.45, 7) is 5.90. The molecule has 3 aromatic carbocycles. The first-order valence-corrected chi connectivity index (χ1v) is 12.5. The van der Waals surface area contributed by atoms with Gasteiger partial charge >= 0.3 is 12.4 Å². The number of carbonyl (C=O) groups is 1. The number of amides is 2. The maximum Gasteiger partial charge on any atom is 0.573 e. The number of hydrogen-bond acceptors (Lipinski definition) is 6. The van der Waals surface area contributed by atoms with Crippen LogP contribution in [0.25, 0.3) is 22.0 Å². The summed E-state index contributed by atoms with van der Waals surface area (Å²) in [6.07, 6.45) is -3.03. The minimum absolute atomic E-state index is 0.162. The Labute approximate surface area is 222 Å². The lowest BCUT2D eigenvalue weighted by Gasteiger charge is -2.27. The Kier molecular flexibility index (Phi) is 7.84. The Morgan fingerprint density at radius 2 is 1.74 bits per heavy atom. The van der Waals surface area contributed by atoms with Crippen molar-refractivity contribution in [3.63, 3.8) is 0 Å². The molecule has 0 aliphatic carbocycles. The van der Waals surface area contributed by atoms with Crippen molar-refractivity contribution in [1.29, 1.82) is 0 Å². The van der Waals surface area contributed by atoms with Gasteiger partial charge in [0.25, 0.3) is 0 Å². The second-order valence-electron chi connectivity index (χ2n) is 9.11. The zero-order valence-electron chi connectivity index (χ0n) is 20.9. The highest BCUT2D eigenvalue weighted by molar-refractivity contribution is 6.01. The summed E-state index contributed by atoms with van der Waals surface area (Å²) in [5.41, 5.74) is 4.51. The highest BCUT2D eigenvalue weighted by atomic mass is 19.4. The van der Waals surface area contributed by atoms with E-state index in [1.165, 1.54) is 12.1 Å². The molecule has 5 rings (SSSR count). The maximum atomic E-state index is 12.5. The van der Waals surface area contributed by atoms with Gasteiger partial charge in [-0.25, -0.2) is 4.79 Å². The number of H-pyrrole nitrogens is 1. The molecule has 0 spiro atoms. The molecule has 4 aromatic rings. The van der Waals surface area contributed by atoms with Crippen molar-refractivity contribution in [2.75, 3.05) is 55.2 Å². The standard InChI is InChI=1S/C27H28F3N7O2/c28-27(29,30)39-22-3-1-2-20(14-22)35-26(38)34-19-6-4-18(5-7-19)23-15-21(16-25-24(23)17-33-36-25)32-10-13-37-11-8-31-9-12-37/h1-7,14-17,31-32H,8-13H2,(H,33,36)(H2,34,35,38). The van der Waals surface area contributed by atoms with Gasteiger partial charge in [-0.1, -0.05) is 18.2 Å². The Hall–Kier alpha value is -4.29. The number of ether oxygens (including phenoxy) is 1. The van der Waals surface area contributed by atoms with Crippen LogP contribution in [0.2, 0.25) is 0 Å². The molecule has 2 amide bonds. The highest BCUT2D eigenvalue weighted by Gasteiger charge is 2.31. The number of nitrogens with zero attached hydrogens (tertiary/aromatic N) is 2. The fourth-order valence-electron chi connectivity index (χ4n) is 4.48. The third kappa shape index (κ3) is 7.18. The highest BCUT2D eigenvalue weighted by Crippen LogP contribution is 2.32. The van der Waals surface area contributed by atoms with E-state index in [4.69, 9.17) is 0 Å². The topological polar surface area (TPSA) is 106 Å². The molecule has 1 aromatic heterocycles. The number of fused-ring (bicyclic) bond motifs is 1. The smallest absolute Gasteiger partial charge is 0.406 e. The van der Waals surface area contributed by atoms with Gasteiger partial charge in [0.2, 0.25) is 0 Å². The number of alkyl halides is 3. The van der Waals surface area contributed by atoms with Crippen LogP contribution in [0.5, 0.6) is 5.75 Å². The SMILES string of the molecule is O=C(Nc1ccc(-c2cc(NCCN3CCNCC3)cc3[nH]ncc23)cc1)Nc1cccc(OC(F)(F)F)c1. The average molecular weight is 540 g/mol. The summed E-state index contributed by atoms with van der Waals surface area (Å²) in [4.78, 5) is 14.8. The van der Waals surface area contributed by atoms with Gasteiger partial charge in [0, 0.05) is 67.8 Å². The van der Waals surface area contributed by atoms with Crippen molar-refractivity contribution in [1.82, 2.24) is 20.4 Å². The lowest BCUT2D eigenvalue weighted by molar-refractivity contribution is -0.274. The summed E-state index contributed by atoms with van der Waals surface area (Å²) < 4.78 is 41.3. The van der Waals surface area contributed by atoms with Gasteiger partial charge in [0.05, 0.1) is 11.7 Å².